The first-order valence-electron chi connectivity index (χ1n) is 14.6. The highest BCUT2D eigenvalue weighted by Gasteiger charge is 2.25. The largest absolute Gasteiger partial charge is 0.496 e. The van der Waals surface area contributed by atoms with Crippen molar-refractivity contribution in [3.63, 3.8) is 0 Å². The van der Waals surface area contributed by atoms with Gasteiger partial charge in [0, 0.05) is 50.7 Å². The van der Waals surface area contributed by atoms with Gasteiger partial charge in [-0.3, -0.25) is 14.2 Å². The summed E-state index contributed by atoms with van der Waals surface area (Å²) >= 11 is 0. The van der Waals surface area contributed by atoms with Gasteiger partial charge in [-0.05, 0) is 71.8 Å². The SMILES string of the molecule is COc1cc(-c2cccc(-c3cccc(NC(=O)c4cn(C)c(=O)n(C)c4=O)c3C)c2C)cc(F)c1CN[C@H]1CCOC[C@H]1O. The first kappa shape index (κ1) is 31.8. The van der Waals surface area contributed by atoms with Crippen LogP contribution in [0.2, 0.25) is 0 Å². The number of aliphatic hydroxyl groups is 1. The predicted molar refractivity (Wildman–Crippen MR) is 170 cm³/mol. The van der Waals surface area contributed by atoms with E-state index in [0.717, 1.165) is 32.4 Å². The Hall–Kier alpha value is -4.58. The summed E-state index contributed by atoms with van der Waals surface area (Å²) in [6, 6.07) is 14.4. The van der Waals surface area contributed by atoms with Crippen LogP contribution in [-0.4, -0.2) is 52.6 Å². The Morgan fingerprint density at radius 2 is 1.76 bits per heavy atom. The molecule has 2 atom stereocenters. The molecule has 2 heterocycles. The molecule has 10 nitrogen and oxygen atoms in total. The number of nitrogens with zero attached hydrogens (tertiary/aromatic N) is 2. The number of benzene rings is 3. The number of amides is 1. The van der Waals surface area contributed by atoms with Gasteiger partial charge >= 0.3 is 5.69 Å². The lowest BCUT2D eigenvalue weighted by Crippen LogP contribution is -2.46. The molecule has 1 aliphatic rings. The lowest BCUT2D eigenvalue weighted by molar-refractivity contribution is -0.0281. The van der Waals surface area contributed by atoms with Crippen molar-refractivity contribution in [1.29, 1.82) is 0 Å². The van der Waals surface area contributed by atoms with Gasteiger partial charge in [0.15, 0.2) is 0 Å². The molecule has 1 saturated heterocycles. The number of carbonyl (C=O) groups excluding carboxylic acids is 1. The molecular weight excluding hydrogens is 579 g/mol. The molecule has 0 unspecified atom stereocenters. The van der Waals surface area contributed by atoms with Crippen molar-refractivity contribution in [1.82, 2.24) is 14.5 Å². The number of hydrogen-bond donors (Lipinski definition) is 3. The van der Waals surface area contributed by atoms with Crippen LogP contribution in [0.1, 0.15) is 33.5 Å². The summed E-state index contributed by atoms with van der Waals surface area (Å²) in [5.41, 5.74) is 4.39. The first-order chi connectivity index (χ1) is 21.5. The number of aliphatic hydroxyl groups excluding tert-OH is 1. The molecule has 5 rings (SSSR count). The van der Waals surface area contributed by atoms with Crippen molar-refractivity contribution < 1.29 is 23.8 Å². The number of halogens is 1. The molecule has 11 heteroatoms. The Labute approximate surface area is 260 Å². The highest BCUT2D eigenvalue weighted by atomic mass is 19.1. The van der Waals surface area contributed by atoms with Crippen LogP contribution in [-0.2, 0) is 25.4 Å². The Kier molecular flexibility index (Phi) is 9.33. The number of aromatic nitrogens is 2. The number of rotatable bonds is 8. The first-order valence-corrected chi connectivity index (χ1v) is 14.6. The zero-order chi connectivity index (χ0) is 32.4. The molecule has 0 aliphatic carbocycles. The van der Waals surface area contributed by atoms with E-state index in [1.54, 1.807) is 6.07 Å². The summed E-state index contributed by atoms with van der Waals surface area (Å²) in [6.45, 7) is 4.80. The van der Waals surface area contributed by atoms with Crippen LogP contribution in [0.3, 0.4) is 0 Å². The Morgan fingerprint density at radius 1 is 1.07 bits per heavy atom. The maximum Gasteiger partial charge on any atom is 0.330 e. The van der Waals surface area contributed by atoms with Crippen molar-refractivity contribution in [3.8, 4) is 28.0 Å². The number of methoxy groups -OCH3 is 1. The van der Waals surface area contributed by atoms with Crippen LogP contribution in [0, 0.1) is 19.7 Å². The van der Waals surface area contributed by atoms with E-state index in [0.29, 0.717) is 35.6 Å². The topological polar surface area (TPSA) is 124 Å². The summed E-state index contributed by atoms with van der Waals surface area (Å²) in [5.74, 6) is -0.650. The van der Waals surface area contributed by atoms with Gasteiger partial charge in [-0.1, -0.05) is 30.3 Å². The summed E-state index contributed by atoms with van der Waals surface area (Å²) in [6.07, 6.45) is 1.20. The van der Waals surface area contributed by atoms with Gasteiger partial charge in [-0.15, -0.1) is 0 Å². The maximum absolute atomic E-state index is 15.6. The highest BCUT2D eigenvalue weighted by molar-refractivity contribution is 6.04. The summed E-state index contributed by atoms with van der Waals surface area (Å²) in [5, 5.41) is 16.3. The molecule has 0 spiro atoms. The molecule has 236 valence electrons. The normalized spacial score (nSPS) is 16.4. The fourth-order valence-electron chi connectivity index (χ4n) is 5.77. The minimum atomic E-state index is -0.682. The van der Waals surface area contributed by atoms with E-state index in [-0.39, 0.29) is 24.8 Å². The Balaban J connectivity index is 1.45. The highest BCUT2D eigenvalue weighted by Crippen LogP contribution is 2.37. The van der Waals surface area contributed by atoms with Gasteiger partial charge in [-0.25, -0.2) is 9.18 Å². The maximum atomic E-state index is 15.6. The fourth-order valence-corrected chi connectivity index (χ4v) is 5.77. The molecule has 1 aliphatic heterocycles. The molecule has 0 saturated carbocycles. The van der Waals surface area contributed by atoms with E-state index in [9.17, 15) is 19.5 Å². The van der Waals surface area contributed by atoms with E-state index < -0.39 is 29.1 Å². The molecule has 0 bridgehead atoms. The second-order valence-electron chi connectivity index (χ2n) is 11.3. The van der Waals surface area contributed by atoms with Crippen LogP contribution < -0.4 is 26.6 Å². The summed E-state index contributed by atoms with van der Waals surface area (Å²) < 4.78 is 28.5. The second-order valence-corrected chi connectivity index (χ2v) is 11.3. The number of hydrogen-bond acceptors (Lipinski definition) is 7. The van der Waals surface area contributed by atoms with E-state index in [4.69, 9.17) is 9.47 Å². The lowest BCUT2D eigenvalue weighted by atomic mass is 9.90. The van der Waals surface area contributed by atoms with Gasteiger partial charge in [0.05, 0.1) is 19.8 Å². The standard InChI is InChI=1S/C34H37FN4O6/c1-19-22(21-14-27(35)25(31(15-21)44-5)16-36-29-12-13-45-18-30(29)40)8-6-9-23(19)24-10-7-11-28(20(24)2)37-32(41)26-17-38(3)34(43)39(4)33(26)42/h6-11,14-15,17,29-30,36,40H,12-13,16,18H2,1-5H3,(H,37,41)/t29-,30+/m0/s1. The molecule has 3 N–H and O–H groups in total. The number of anilines is 1. The average molecular weight is 617 g/mol. The van der Waals surface area contributed by atoms with Crippen molar-refractivity contribution in [3.05, 3.63) is 104 Å². The van der Waals surface area contributed by atoms with Crippen molar-refractivity contribution in [2.75, 3.05) is 25.6 Å². The average Bonchev–Trinajstić information content (AvgIpc) is 3.02. The zero-order valence-corrected chi connectivity index (χ0v) is 25.9. The van der Waals surface area contributed by atoms with Crippen LogP contribution >= 0.6 is 0 Å². The number of nitrogens with one attached hydrogen (secondary N) is 2. The van der Waals surface area contributed by atoms with Crippen LogP contribution in [0.25, 0.3) is 22.3 Å². The third-order valence-electron chi connectivity index (χ3n) is 8.45. The van der Waals surface area contributed by atoms with E-state index in [2.05, 4.69) is 10.6 Å². The van der Waals surface area contributed by atoms with E-state index >= 15 is 4.39 Å². The molecule has 4 aromatic rings. The van der Waals surface area contributed by atoms with Gasteiger partial charge < -0.3 is 29.8 Å². The molecule has 3 aromatic carbocycles. The lowest BCUT2D eigenvalue weighted by Gasteiger charge is -2.29. The molecule has 1 fully saturated rings. The Bertz CT molecular complexity index is 1880. The molecule has 1 aromatic heterocycles. The predicted octanol–water partition coefficient (Wildman–Crippen LogP) is 3.67. The summed E-state index contributed by atoms with van der Waals surface area (Å²) in [4.78, 5) is 37.8. The smallest absolute Gasteiger partial charge is 0.330 e. The third kappa shape index (κ3) is 6.32. The van der Waals surface area contributed by atoms with Crippen LogP contribution in [0.15, 0.2) is 64.3 Å². The van der Waals surface area contributed by atoms with Gasteiger partial charge in [-0.2, -0.15) is 0 Å². The minimum Gasteiger partial charge on any atom is -0.496 e. The van der Waals surface area contributed by atoms with Gasteiger partial charge in [0.1, 0.15) is 17.1 Å². The minimum absolute atomic E-state index is 0.152. The summed E-state index contributed by atoms with van der Waals surface area (Å²) in [7, 11) is 4.31. The number of aryl methyl sites for hydroxylation is 1. The molecule has 0 radical (unpaired) electrons. The van der Waals surface area contributed by atoms with E-state index in [1.807, 2.05) is 50.2 Å². The van der Waals surface area contributed by atoms with E-state index in [1.165, 1.54) is 38.0 Å². The fraction of sp³-hybridized carbons (Fsp3) is 0.324. The van der Waals surface area contributed by atoms with Crippen molar-refractivity contribution >= 4 is 11.6 Å². The quantitative estimate of drug-likeness (QED) is 0.276. The zero-order valence-electron chi connectivity index (χ0n) is 25.9. The second kappa shape index (κ2) is 13.2. The van der Waals surface area contributed by atoms with Crippen LogP contribution in [0.5, 0.6) is 5.75 Å². The molecule has 1 amide bonds. The van der Waals surface area contributed by atoms with Crippen LogP contribution in [0.4, 0.5) is 10.1 Å². The Morgan fingerprint density at radius 3 is 2.47 bits per heavy atom. The monoisotopic (exact) mass is 616 g/mol. The molecular formula is C34H37FN4O6. The van der Waals surface area contributed by atoms with Crippen molar-refractivity contribution in [2.45, 2.75) is 39.0 Å². The van der Waals surface area contributed by atoms with Crippen molar-refractivity contribution in [2.24, 2.45) is 14.1 Å². The third-order valence-corrected chi connectivity index (χ3v) is 8.45. The van der Waals surface area contributed by atoms with Gasteiger partial charge in [0.2, 0.25) is 0 Å². The number of carbonyl (C=O) groups is 1. The number of ether oxygens (including phenoxy) is 2. The molecule has 45 heavy (non-hydrogen) atoms. The van der Waals surface area contributed by atoms with Gasteiger partial charge in [0.25, 0.3) is 11.5 Å².